The number of hydrogen-bond donors (Lipinski definition) is 2. The third-order valence-corrected chi connectivity index (χ3v) is 4.86. The van der Waals surface area contributed by atoms with Gasteiger partial charge in [0.15, 0.2) is 0 Å². The van der Waals surface area contributed by atoms with E-state index in [1.54, 1.807) is 6.26 Å². The Morgan fingerprint density at radius 3 is 2.67 bits per heavy atom. The SMILES string of the molecule is C[C@@H](CCc1ccco1)NC(=O)Nc1ccc(OC2CCN(C)CC2)cc1. The van der Waals surface area contributed by atoms with Crippen molar-refractivity contribution in [3.63, 3.8) is 0 Å². The molecular formula is C21H29N3O3. The van der Waals surface area contributed by atoms with Gasteiger partial charge in [-0.05, 0) is 69.6 Å². The Labute approximate surface area is 160 Å². The van der Waals surface area contributed by atoms with Crippen molar-refractivity contribution >= 4 is 11.7 Å². The maximum atomic E-state index is 12.1. The van der Waals surface area contributed by atoms with E-state index in [1.165, 1.54) is 0 Å². The van der Waals surface area contributed by atoms with Gasteiger partial charge in [0.1, 0.15) is 17.6 Å². The van der Waals surface area contributed by atoms with Crippen LogP contribution >= 0.6 is 0 Å². The van der Waals surface area contributed by atoms with Crippen LogP contribution in [0.1, 0.15) is 31.9 Å². The van der Waals surface area contributed by atoms with Gasteiger partial charge < -0.3 is 24.7 Å². The fourth-order valence-electron chi connectivity index (χ4n) is 3.19. The quantitative estimate of drug-likeness (QED) is 0.775. The highest BCUT2D eigenvalue weighted by Gasteiger charge is 2.18. The van der Waals surface area contributed by atoms with Gasteiger partial charge in [-0.2, -0.15) is 0 Å². The fourth-order valence-corrected chi connectivity index (χ4v) is 3.19. The van der Waals surface area contributed by atoms with Crippen LogP contribution in [-0.2, 0) is 6.42 Å². The summed E-state index contributed by atoms with van der Waals surface area (Å²) >= 11 is 0. The number of hydrogen-bond acceptors (Lipinski definition) is 4. The number of ether oxygens (including phenoxy) is 1. The molecule has 1 aliphatic rings. The minimum absolute atomic E-state index is 0.0575. The molecule has 1 saturated heterocycles. The number of furan rings is 1. The molecule has 6 heteroatoms. The van der Waals surface area contributed by atoms with Gasteiger partial charge >= 0.3 is 6.03 Å². The molecule has 27 heavy (non-hydrogen) atoms. The fraction of sp³-hybridized carbons (Fsp3) is 0.476. The largest absolute Gasteiger partial charge is 0.490 e. The second kappa shape index (κ2) is 9.46. The monoisotopic (exact) mass is 371 g/mol. The van der Waals surface area contributed by atoms with Crippen molar-refractivity contribution in [2.75, 3.05) is 25.5 Å². The molecule has 0 bridgehead atoms. The average Bonchev–Trinajstić information content (AvgIpc) is 3.17. The molecule has 1 fully saturated rings. The minimum Gasteiger partial charge on any atom is -0.490 e. The van der Waals surface area contributed by atoms with Crippen LogP contribution in [0.2, 0.25) is 0 Å². The third-order valence-electron chi connectivity index (χ3n) is 4.86. The van der Waals surface area contributed by atoms with Crippen molar-refractivity contribution in [3.05, 3.63) is 48.4 Å². The maximum Gasteiger partial charge on any atom is 0.319 e. The number of anilines is 1. The normalized spacial score (nSPS) is 16.7. The molecule has 2 amide bonds. The Hall–Kier alpha value is -2.47. The number of amides is 2. The van der Waals surface area contributed by atoms with Crippen LogP contribution in [0, 0.1) is 0 Å². The minimum atomic E-state index is -0.203. The van der Waals surface area contributed by atoms with E-state index in [0.29, 0.717) is 0 Å². The van der Waals surface area contributed by atoms with Crippen molar-refractivity contribution in [1.29, 1.82) is 0 Å². The van der Waals surface area contributed by atoms with Gasteiger partial charge in [-0.1, -0.05) is 0 Å². The molecule has 0 spiro atoms. The number of nitrogens with one attached hydrogen (secondary N) is 2. The zero-order chi connectivity index (χ0) is 19.1. The molecule has 0 radical (unpaired) electrons. The van der Waals surface area contributed by atoms with E-state index in [4.69, 9.17) is 9.15 Å². The van der Waals surface area contributed by atoms with Gasteiger partial charge in [0, 0.05) is 31.2 Å². The number of piperidine rings is 1. The van der Waals surface area contributed by atoms with E-state index in [9.17, 15) is 4.79 Å². The van der Waals surface area contributed by atoms with Gasteiger partial charge in [-0.25, -0.2) is 4.79 Å². The summed E-state index contributed by atoms with van der Waals surface area (Å²) in [5.41, 5.74) is 0.751. The van der Waals surface area contributed by atoms with E-state index < -0.39 is 0 Å². The van der Waals surface area contributed by atoms with Crippen LogP contribution < -0.4 is 15.4 Å². The molecule has 0 unspecified atom stereocenters. The molecule has 2 aromatic rings. The summed E-state index contributed by atoms with van der Waals surface area (Å²) in [6.45, 7) is 4.13. The first-order valence-electron chi connectivity index (χ1n) is 9.63. The summed E-state index contributed by atoms with van der Waals surface area (Å²) in [6, 6.07) is 11.2. The Morgan fingerprint density at radius 2 is 2.00 bits per heavy atom. The van der Waals surface area contributed by atoms with E-state index in [-0.39, 0.29) is 18.2 Å². The van der Waals surface area contributed by atoms with Crippen LogP contribution in [0.15, 0.2) is 47.1 Å². The first-order valence-corrected chi connectivity index (χ1v) is 9.63. The lowest BCUT2D eigenvalue weighted by Gasteiger charge is -2.29. The van der Waals surface area contributed by atoms with Crippen molar-refractivity contribution < 1.29 is 13.9 Å². The van der Waals surface area contributed by atoms with Gasteiger partial charge in [0.05, 0.1) is 6.26 Å². The number of aryl methyl sites for hydroxylation is 1. The highest BCUT2D eigenvalue weighted by atomic mass is 16.5. The predicted octanol–water partition coefficient (Wildman–Crippen LogP) is 3.90. The van der Waals surface area contributed by atoms with E-state index in [2.05, 4.69) is 22.6 Å². The molecule has 6 nitrogen and oxygen atoms in total. The molecule has 2 heterocycles. The highest BCUT2D eigenvalue weighted by molar-refractivity contribution is 5.89. The molecule has 3 rings (SSSR count). The lowest BCUT2D eigenvalue weighted by molar-refractivity contribution is 0.114. The highest BCUT2D eigenvalue weighted by Crippen LogP contribution is 2.20. The lowest BCUT2D eigenvalue weighted by Crippen LogP contribution is -2.36. The smallest absolute Gasteiger partial charge is 0.319 e. The van der Waals surface area contributed by atoms with Crippen LogP contribution in [0.5, 0.6) is 5.75 Å². The van der Waals surface area contributed by atoms with Crippen LogP contribution in [-0.4, -0.2) is 43.2 Å². The number of benzene rings is 1. The summed E-state index contributed by atoms with van der Waals surface area (Å²) in [4.78, 5) is 14.5. The number of nitrogens with zero attached hydrogens (tertiary/aromatic N) is 1. The number of carbonyl (C=O) groups excluding carboxylic acids is 1. The molecule has 1 atom stereocenters. The summed E-state index contributed by atoms with van der Waals surface area (Å²) in [5.74, 6) is 1.78. The molecular weight excluding hydrogens is 342 g/mol. The molecule has 0 saturated carbocycles. The number of rotatable bonds is 7. The Kier molecular flexibility index (Phi) is 6.76. The number of likely N-dealkylation sites (tertiary alicyclic amines) is 1. The second-order valence-corrected chi connectivity index (χ2v) is 7.26. The first-order chi connectivity index (χ1) is 13.1. The first kappa shape index (κ1) is 19.3. The van der Waals surface area contributed by atoms with Crippen LogP contribution in [0.3, 0.4) is 0 Å². The third kappa shape index (κ3) is 6.32. The zero-order valence-corrected chi connectivity index (χ0v) is 16.1. The average molecular weight is 371 g/mol. The Bertz CT molecular complexity index is 692. The van der Waals surface area contributed by atoms with Gasteiger partial charge in [-0.15, -0.1) is 0 Å². The van der Waals surface area contributed by atoms with Crippen molar-refractivity contribution in [2.45, 2.75) is 44.8 Å². The zero-order valence-electron chi connectivity index (χ0n) is 16.1. The standard InChI is InChI=1S/C21H29N3O3/c1-16(5-8-18-4-3-15-26-18)22-21(25)23-17-6-9-19(10-7-17)27-20-11-13-24(2)14-12-20/h3-4,6-7,9-10,15-16,20H,5,8,11-14H2,1-2H3,(H2,22,23,25)/t16-/m0/s1. The van der Waals surface area contributed by atoms with Gasteiger partial charge in [-0.3, -0.25) is 0 Å². The summed E-state index contributed by atoms with van der Waals surface area (Å²) in [5, 5.41) is 5.81. The molecule has 1 aromatic carbocycles. The molecule has 1 aliphatic heterocycles. The Morgan fingerprint density at radius 1 is 1.26 bits per heavy atom. The maximum absolute atomic E-state index is 12.1. The van der Waals surface area contributed by atoms with Crippen LogP contribution in [0.4, 0.5) is 10.5 Å². The Balaban J connectivity index is 1.40. The molecule has 0 aliphatic carbocycles. The summed E-state index contributed by atoms with van der Waals surface area (Å²) in [7, 11) is 2.14. The van der Waals surface area contributed by atoms with E-state index in [0.717, 1.165) is 56.0 Å². The summed E-state index contributed by atoms with van der Waals surface area (Å²) < 4.78 is 11.3. The summed E-state index contributed by atoms with van der Waals surface area (Å²) in [6.07, 6.45) is 5.67. The topological polar surface area (TPSA) is 66.7 Å². The molecule has 146 valence electrons. The van der Waals surface area contributed by atoms with Crippen LogP contribution in [0.25, 0.3) is 0 Å². The van der Waals surface area contributed by atoms with E-state index in [1.807, 2.05) is 43.3 Å². The van der Waals surface area contributed by atoms with Crippen molar-refractivity contribution in [2.24, 2.45) is 0 Å². The van der Waals surface area contributed by atoms with Gasteiger partial charge in [0.25, 0.3) is 0 Å². The van der Waals surface area contributed by atoms with Crippen molar-refractivity contribution in [1.82, 2.24) is 10.2 Å². The van der Waals surface area contributed by atoms with E-state index >= 15 is 0 Å². The molecule has 1 aromatic heterocycles. The van der Waals surface area contributed by atoms with Crippen molar-refractivity contribution in [3.8, 4) is 5.75 Å². The number of carbonyl (C=O) groups is 1. The second-order valence-electron chi connectivity index (χ2n) is 7.26. The van der Waals surface area contributed by atoms with Gasteiger partial charge in [0.2, 0.25) is 0 Å². The molecule has 2 N–H and O–H groups in total. The predicted molar refractivity (Wildman–Crippen MR) is 106 cm³/mol. The number of urea groups is 1. The lowest BCUT2D eigenvalue weighted by atomic mass is 10.1.